The maximum atomic E-state index is 14.1. The quantitative estimate of drug-likeness (QED) is 0.758. The molecule has 1 N–H and O–H groups in total. The first-order valence-corrected chi connectivity index (χ1v) is 9.68. The van der Waals surface area contributed by atoms with Crippen molar-refractivity contribution in [2.45, 2.75) is 45.4 Å². The van der Waals surface area contributed by atoms with Crippen molar-refractivity contribution in [3.8, 4) is 0 Å². The summed E-state index contributed by atoms with van der Waals surface area (Å²) in [5.74, 6) is 0.468. The Morgan fingerprint density at radius 3 is 2.67 bits per heavy atom. The van der Waals surface area contributed by atoms with Crippen molar-refractivity contribution < 1.29 is 13.7 Å². The number of carbonyl (C=O) groups is 1. The van der Waals surface area contributed by atoms with Crippen LogP contribution in [0.3, 0.4) is 0 Å². The molecule has 1 saturated heterocycles. The van der Waals surface area contributed by atoms with Crippen LogP contribution in [0.15, 0.2) is 22.7 Å². The molecular formula is C20H23ClFN3O2. The molecule has 1 aromatic heterocycles. The van der Waals surface area contributed by atoms with E-state index in [-0.39, 0.29) is 23.2 Å². The van der Waals surface area contributed by atoms with Gasteiger partial charge in [0.2, 0.25) is 5.88 Å². The Morgan fingerprint density at radius 2 is 2.04 bits per heavy atom. The molecule has 1 aromatic carbocycles. The summed E-state index contributed by atoms with van der Waals surface area (Å²) < 4.78 is 19.2. The van der Waals surface area contributed by atoms with E-state index in [9.17, 15) is 9.18 Å². The SMILES string of the molecule is Cc1noc(NC(=O)N2CCC3(CC2)CC(c2cc(Cl)ccc2F)C3)c1C. The van der Waals surface area contributed by atoms with Crippen LogP contribution in [0.2, 0.25) is 5.02 Å². The number of aryl methyl sites for hydroxylation is 1. The third kappa shape index (κ3) is 3.43. The average molecular weight is 392 g/mol. The molecule has 5 nitrogen and oxygen atoms in total. The van der Waals surface area contributed by atoms with Gasteiger partial charge in [-0.3, -0.25) is 5.32 Å². The summed E-state index contributed by atoms with van der Waals surface area (Å²) in [6.07, 6.45) is 3.79. The first kappa shape index (κ1) is 18.3. The standard InChI is InChI=1S/C20H23ClFN3O2/c1-12-13(2)24-27-18(12)23-19(26)25-7-5-20(6-8-25)10-14(11-20)16-9-15(21)3-4-17(16)22/h3-4,9,14H,5-8,10-11H2,1-2H3,(H,23,26). The number of hydrogen-bond donors (Lipinski definition) is 1. The molecule has 0 atom stereocenters. The Balaban J connectivity index is 1.33. The number of aromatic nitrogens is 1. The van der Waals surface area contributed by atoms with Gasteiger partial charge in [-0.05, 0) is 74.6 Å². The van der Waals surface area contributed by atoms with E-state index in [1.165, 1.54) is 6.07 Å². The molecule has 1 aliphatic heterocycles. The lowest BCUT2D eigenvalue weighted by molar-refractivity contribution is 0.0280. The third-order valence-corrected chi connectivity index (χ3v) is 6.48. The van der Waals surface area contributed by atoms with Gasteiger partial charge in [-0.15, -0.1) is 0 Å². The number of halogens is 2. The molecule has 1 spiro atoms. The summed E-state index contributed by atoms with van der Waals surface area (Å²) in [6, 6.07) is 4.63. The van der Waals surface area contributed by atoms with Gasteiger partial charge in [-0.1, -0.05) is 16.8 Å². The number of amides is 2. The van der Waals surface area contributed by atoms with Crippen LogP contribution in [0, 0.1) is 25.1 Å². The van der Waals surface area contributed by atoms with Crippen molar-refractivity contribution in [3.63, 3.8) is 0 Å². The second kappa shape index (κ2) is 6.82. The van der Waals surface area contributed by atoms with E-state index in [1.807, 2.05) is 18.7 Å². The van der Waals surface area contributed by atoms with Crippen molar-refractivity contribution in [1.82, 2.24) is 10.1 Å². The summed E-state index contributed by atoms with van der Waals surface area (Å²) in [7, 11) is 0. The minimum absolute atomic E-state index is 0.152. The number of carbonyl (C=O) groups excluding carboxylic acids is 1. The van der Waals surface area contributed by atoms with Gasteiger partial charge >= 0.3 is 6.03 Å². The topological polar surface area (TPSA) is 58.4 Å². The van der Waals surface area contributed by atoms with Crippen LogP contribution in [0.4, 0.5) is 15.1 Å². The lowest BCUT2D eigenvalue weighted by Crippen LogP contribution is -2.49. The number of anilines is 1. The minimum Gasteiger partial charge on any atom is -0.338 e. The zero-order valence-corrected chi connectivity index (χ0v) is 16.3. The monoisotopic (exact) mass is 391 g/mol. The number of nitrogens with zero attached hydrogens (tertiary/aromatic N) is 2. The fourth-order valence-corrected chi connectivity index (χ4v) is 4.51. The molecule has 144 valence electrons. The molecule has 1 saturated carbocycles. The van der Waals surface area contributed by atoms with E-state index >= 15 is 0 Å². The van der Waals surface area contributed by atoms with Crippen molar-refractivity contribution in [2.75, 3.05) is 18.4 Å². The number of likely N-dealkylation sites (tertiary alicyclic amines) is 1. The van der Waals surface area contributed by atoms with E-state index in [0.717, 1.165) is 42.5 Å². The van der Waals surface area contributed by atoms with Crippen molar-refractivity contribution in [2.24, 2.45) is 5.41 Å². The highest BCUT2D eigenvalue weighted by molar-refractivity contribution is 6.30. The van der Waals surface area contributed by atoms with Gasteiger partial charge < -0.3 is 9.42 Å². The van der Waals surface area contributed by atoms with Crippen molar-refractivity contribution in [1.29, 1.82) is 0 Å². The highest BCUT2D eigenvalue weighted by atomic mass is 35.5. The van der Waals surface area contributed by atoms with Gasteiger partial charge in [-0.25, -0.2) is 9.18 Å². The van der Waals surface area contributed by atoms with Gasteiger partial charge in [0.25, 0.3) is 0 Å². The van der Waals surface area contributed by atoms with Crippen LogP contribution in [-0.2, 0) is 0 Å². The predicted molar refractivity (Wildman–Crippen MR) is 102 cm³/mol. The second-order valence-corrected chi connectivity index (χ2v) is 8.35. The number of piperidine rings is 1. The molecule has 7 heteroatoms. The first-order chi connectivity index (χ1) is 12.9. The molecular weight excluding hydrogens is 369 g/mol. The summed E-state index contributed by atoms with van der Waals surface area (Å²) in [5.41, 5.74) is 2.57. The minimum atomic E-state index is -0.172. The molecule has 0 radical (unpaired) electrons. The third-order valence-electron chi connectivity index (χ3n) is 6.25. The Bertz CT molecular complexity index is 866. The summed E-state index contributed by atoms with van der Waals surface area (Å²) in [5, 5.41) is 7.25. The largest absolute Gasteiger partial charge is 0.338 e. The lowest BCUT2D eigenvalue weighted by atomic mass is 9.56. The molecule has 0 bridgehead atoms. The highest BCUT2D eigenvalue weighted by Crippen LogP contribution is 2.57. The van der Waals surface area contributed by atoms with Gasteiger partial charge in [0.05, 0.1) is 5.69 Å². The Kier molecular flexibility index (Phi) is 4.62. The zero-order chi connectivity index (χ0) is 19.2. The molecule has 2 aliphatic rings. The van der Waals surface area contributed by atoms with Crippen LogP contribution in [-0.4, -0.2) is 29.2 Å². The molecule has 1 aliphatic carbocycles. The Hall–Kier alpha value is -2.08. The molecule has 2 aromatic rings. The molecule has 0 unspecified atom stereocenters. The van der Waals surface area contributed by atoms with E-state index in [2.05, 4.69) is 10.5 Å². The maximum Gasteiger partial charge on any atom is 0.324 e. The summed E-state index contributed by atoms with van der Waals surface area (Å²) in [6.45, 7) is 5.11. The van der Waals surface area contributed by atoms with E-state index < -0.39 is 0 Å². The van der Waals surface area contributed by atoms with Gasteiger partial charge in [0.15, 0.2) is 0 Å². The van der Waals surface area contributed by atoms with Crippen molar-refractivity contribution >= 4 is 23.5 Å². The van der Waals surface area contributed by atoms with E-state index in [0.29, 0.717) is 24.0 Å². The van der Waals surface area contributed by atoms with Crippen LogP contribution in [0.5, 0.6) is 0 Å². The number of nitrogens with one attached hydrogen (secondary N) is 1. The Labute approximate surface area is 162 Å². The zero-order valence-electron chi connectivity index (χ0n) is 15.5. The average Bonchev–Trinajstić information content (AvgIpc) is 2.94. The molecule has 2 amide bonds. The highest BCUT2D eigenvalue weighted by Gasteiger charge is 2.47. The number of rotatable bonds is 2. The van der Waals surface area contributed by atoms with Crippen LogP contribution < -0.4 is 5.32 Å². The van der Waals surface area contributed by atoms with E-state index in [4.69, 9.17) is 16.1 Å². The number of hydrogen-bond acceptors (Lipinski definition) is 3. The fourth-order valence-electron chi connectivity index (χ4n) is 4.33. The number of benzene rings is 1. The summed E-state index contributed by atoms with van der Waals surface area (Å²) >= 11 is 6.02. The number of urea groups is 1. The van der Waals surface area contributed by atoms with Gasteiger partial charge in [0.1, 0.15) is 5.82 Å². The van der Waals surface area contributed by atoms with Gasteiger partial charge in [-0.2, -0.15) is 0 Å². The van der Waals surface area contributed by atoms with Gasteiger partial charge in [0, 0.05) is 23.7 Å². The molecule has 27 heavy (non-hydrogen) atoms. The maximum absolute atomic E-state index is 14.1. The predicted octanol–water partition coefficient (Wildman–Crippen LogP) is 5.28. The van der Waals surface area contributed by atoms with E-state index in [1.54, 1.807) is 12.1 Å². The van der Waals surface area contributed by atoms with Crippen LogP contribution >= 0.6 is 11.6 Å². The van der Waals surface area contributed by atoms with Crippen molar-refractivity contribution in [3.05, 3.63) is 45.9 Å². The molecule has 4 rings (SSSR count). The van der Waals surface area contributed by atoms with Crippen LogP contribution in [0.25, 0.3) is 0 Å². The van der Waals surface area contributed by atoms with Crippen LogP contribution in [0.1, 0.15) is 48.4 Å². The summed E-state index contributed by atoms with van der Waals surface area (Å²) in [4.78, 5) is 14.3. The smallest absolute Gasteiger partial charge is 0.324 e. The molecule has 2 fully saturated rings. The fraction of sp³-hybridized carbons (Fsp3) is 0.500. The lowest BCUT2D eigenvalue weighted by Gasteiger charge is -2.52. The molecule has 2 heterocycles. The first-order valence-electron chi connectivity index (χ1n) is 9.31. The Morgan fingerprint density at radius 1 is 1.33 bits per heavy atom. The second-order valence-electron chi connectivity index (χ2n) is 7.91. The normalized spacial score (nSPS) is 19.2.